The van der Waals surface area contributed by atoms with Crippen molar-refractivity contribution >= 4 is 42.1 Å². The van der Waals surface area contributed by atoms with Crippen LogP contribution in [-0.4, -0.2) is 23.5 Å². The summed E-state index contributed by atoms with van der Waals surface area (Å²) in [5.74, 6) is 0.109. The Balaban J connectivity index is 0.00000162. The molecule has 0 aromatic carbocycles. The number of aryl methyl sites for hydroxylation is 1. The van der Waals surface area contributed by atoms with E-state index in [0.29, 0.717) is 6.54 Å². The number of carbonyl (C=O) groups excluding carboxylic acids is 1. The van der Waals surface area contributed by atoms with Crippen molar-refractivity contribution in [3.63, 3.8) is 0 Å². The van der Waals surface area contributed by atoms with Gasteiger partial charge in [-0.3, -0.25) is 4.79 Å². The molecule has 1 aromatic rings. The van der Waals surface area contributed by atoms with Gasteiger partial charge in [0.25, 0.3) is 0 Å². The van der Waals surface area contributed by atoms with E-state index in [1.165, 1.54) is 11.3 Å². The van der Waals surface area contributed by atoms with Gasteiger partial charge in [-0.15, -0.1) is 36.2 Å². The minimum Gasteiger partial charge on any atom is -0.348 e. The molecule has 0 spiro atoms. The topological polar surface area (TPSA) is 54.0 Å². The van der Waals surface area contributed by atoms with Gasteiger partial charge in [-0.2, -0.15) is 0 Å². The van der Waals surface area contributed by atoms with E-state index in [2.05, 4.69) is 22.5 Å². The molecular weight excluding hydrogens is 305 g/mol. The van der Waals surface area contributed by atoms with Crippen LogP contribution in [0, 0.1) is 0 Å². The first-order chi connectivity index (χ1) is 8.29. The normalized spacial score (nSPS) is 18.1. The lowest BCUT2D eigenvalue weighted by molar-refractivity contribution is -0.123. The number of amides is 1. The van der Waals surface area contributed by atoms with Gasteiger partial charge in [0.15, 0.2) is 0 Å². The highest BCUT2D eigenvalue weighted by molar-refractivity contribution is 7.11. The average molecular weight is 326 g/mol. The molecule has 0 aliphatic carbocycles. The van der Waals surface area contributed by atoms with Crippen molar-refractivity contribution < 1.29 is 4.79 Å². The molecule has 1 saturated heterocycles. The quantitative estimate of drug-likeness (QED) is 0.893. The predicted octanol–water partition coefficient (Wildman–Crippen LogP) is 2.31. The van der Waals surface area contributed by atoms with E-state index in [0.717, 1.165) is 30.8 Å². The van der Waals surface area contributed by atoms with Crippen molar-refractivity contribution in [1.82, 2.24) is 15.6 Å². The highest BCUT2D eigenvalue weighted by atomic mass is 35.5. The lowest BCUT2D eigenvalue weighted by Crippen LogP contribution is -2.46. The SMILES string of the molecule is CCc1cnc(CNC(=O)[C@@H]2CCCCN2)s1.Cl.Cl. The Morgan fingerprint density at radius 2 is 2.32 bits per heavy atom. The van der Waals surface area contributed by atoms with Gasteiger partial charge in [0, 0.05) is 11.1 Å². The van der Waals surface area contributed by atoms with Gasteiger partial charge >= 0.3 is 0 Å². The largest absolute Gasteiger partial charge is 0.348 e. The Hall–Kier alpha value is -0.360. The third-order valence-corrected chi connectivity index (χ3v) is 4.13. The van der Waals surface area contributed by atoms with Crippen LogP contribution in [0.25, 0.3) is 0 Å². The van der Waals surface area contributed by atoms with Crippen LogP contribution in [0.4, 0.5) is 0 Å². The van der Waals surface area contributed by atoms with Gasteiger partial charge in [0.1, 0.15) is 5.01 Å². The third kappa shape index (κ3) is 5.65. The molecule has 0 unspecified atom stereocenters. The van der Waals surface area contributed by atoms with Crippen LogP contribution in [0.1, 0.15) is 36.1 Å². The van der Waals surface area contributed by atoms with Gasteiger partial charge in [-0.05, 0) is 25.8 Å². The summed E-state index contributed by atoms with van der Waals surface area (Å²) in [6, 6.07) is -0.00522. The zero-order chi connectivity index (χ0) is 12.1. The maximum Gasteiger partial charge on any atom is 0.237 e. The smallest absolute Gasteiger partial charge is 0.237 e. The molecule has 4 nitrogen and oxygen atoms in total. The molecule has 1 amide bonds. The standard InChI is InChI=1S/C12H19N3OS.2ClH/c1-2-9-7-14-11(17-9)8-15-12(16)10-5-3-4-6-13-10;;/h7,10,13H,2-6,8H2,1H3,(H,15,16);2*1H/t10-;;/m0../s1. The number of carbonyl (C=O) groups is 1. The second kappa shape index (κ2) is 9.53. The summed E-state index contributed by atoms with van der Waals surface area (Å²) < 4.78 is 0. The third-order valence-electron chi connectivity index (χ3n) is 2.99. The molecule has 7 heteroatoms. The van der Waals surface area contributed by atoms with Crippen molar-refractivity contribution in [2.45, 2.75) is 45.2 Å². The lowest BCUT2D eigenvalue weighted by atomic mass is 10.0. The molecule has 2 rings (SSSR count). The molecule has 2 N–H and O–H groups in total. The Bertz CT molecular complexity index is 381. The Labute approximate surface area is 130 Å². The van der Waals surface area contributed by atoms with Crippen molar-refractivity contribution in [3.05, 3.63) is 16.1 Å². The number of hydrogen-bond acceptors (Lipinski definition) is 4. The molecule has 0 saturated carbocycles. The van der Waals surface area contributed by atoms with Crippen LogP contribution in [-0.2, 0) is 17.8 Å². The maximum atomic E-state index is 11.9. The summed E-state index contributed by atoms with van der Waals surface area (Å²) in [4.78, 5) is 17.4. The fourth-order valence-corrected chi connectivity index (χ4v) is 2.76. The van der Waals surface area contributed by atoms with Crippen LogP contribution >= 0.6 is 36.2 Å². The molecule has 1 aromatic heterocycles. The highest BCUT2D eigenvalue weighted by Crippen LogP contribution is 2.13. The zero-order valence-electron chi connectivity index (χ0n) is 11.0. The number of halogens is 2. The Morgan fingerprint density at radius 3 is 2.89 bits per heavy atom. The molecule has 1 aliphatic rings. The van der Waals surface area contributed by atoms with Gasteiger partial charge in [0.05, 0.1) is 12.6 Å². The summed E-state index contributed by atoms with van der Waals surface area (Å²) in [5.41, 5.74) is 0. The number of rotatable bonds is 4. The second-order valence-electron chi connectivity index (χ2n) is 4.29. The minimum absolute atomic E-state index is 0. The van der Waals surface area contributed by atoms with E-state index >= 15 is 0 Å². The summed E-state index contributed by atoms with van der Waals surface area (Å²) in [7, 11) is 0. The van der Waals surface area contributed by atoms with Crippen molar-refractivity contribution in [2.75, 3.05) is 6.54 Å². The first-order valence-corrected chi connectivity index (χ1v) is 7.06. The van der Waals surface area contributed by atoms with Gasteiger partial charge in [-0.1, -0.05) is 13.3 Å². The maximum absolute atomic E-state index is 11.9. The fraction of sp³-hybridized carbons (Fsp3) is 0.667. The van der Waals surface area contributed by atoms with E-state index in [1.807, 2.05) is 6.20 Å². The number of piperidine rings is 1. The van der Waals surface area contributed by atoms with E-state index in [9.17, 15) is 4.79 Å². The zero-order valence-corrected chi connectivity index (χ0v) is 13.4. The number of nitrogens with zero attached hydrogens (tertiary/aromatic N) is 1. The summed E-state index contributed by atoms with van der Waals surface area (Å²) in [5, 5.41) is 7.19. The van der Waals surface area contributed by atoms with Gasteiger partial charge in [-0.25, -0.2) is 4.98 Å². The number of aromatic nitrogens is 1. The van der Waals surface area contributed by atoms with Crippen molar-refractivity contribution in [2.24, 2.45) is 0 Å². The fourth-order valence-electron chi connectivity index (χ4n) is 1.95. The number of thiazole rings is 1. The lowest BCUT2D eigenvalue weighted by Gasteiger charge is -2.22. The molecule has 2 heterocycles. The predicted molar refractivity (Wildman–Crippen MR) is 83.5 cm³/mol. The van der Waals surface area contributed by atoms with Crippen LogP contribution in [0.5, 0.6) is 0 Å². The van der Waals surface area contributed by atoms with Crippen molar-refractivity contribution in [1.29, 1.82) is 0 Å². The van der Waals surface area contributed by atoms with Crippen molar-refractivity contribution in [3.8, 4) is 0 Å². The molecular formula is C12H21Cl2N3OS. The molecule has 1 atom stereocenters. The van der Waals surface area contributed by atoms with E-state index in [1.54, 1.807) is 11.3 Å². The van der Waals surface area contributed by atoms with Crippen LogP contribution in [0.2, 0.25) is 0 Å². The van der Waals surface area contributed by atoms with E-state index < -0.39 is 0 Å². The van der Waals surface area contributed by atoms with Crippen LogP contribution in [0.3, 0.4) is 0 Å². The van der Waals surface area contributed by atoms with Crippen LogP contribution in [0.15, 0.2) is 6.20 Å². The minimum atomic E-state index is -0.00522. The molecule has 19 heavy (non-hydrogen) atoms. The first kappa shape index (κ1) is 18.6. The summed E-state index contributed by atoms with van der Waals surface area (Å²) >= 11 is 1.68. The number of nitrogens with one attached hydrogen (secondary N) is 2. The Morgan fingerprint density at radius 1 is 1.53 bits per heavy atom. The molecule has 0 bridgehead atoms. The summed E-state index contributed by atoms with van der Waals surface area (Å²) in [6.45, 7) is 3.62. The van der Waals surface area contributed by atoms with Crippen LogP contribution < -0.4 is 10.6 Å². The number of hydrogen-bond donors (Lipinski definition) is 2. The monoisotopic (exact) mass is 325 g/mol. The van der Waals surface area contributed by atoms with E-state index in [-0.39, 0.29) is 36.8 Å². The average Bonchev–Trinajstić information content (AvgIpc) is 2.85. The molecule has 0 radical (unpaired) electrons. The summed E-state index contributed by atoms with van der Waals surface area (Å²) in [6.07, 6.45) is 6.17. The van der Waals surface area contributed by atoms with E-state index in [4.69, 9.17) is 0 Å². The molecule has 1 aliphatic heterocycles. The highest BCUT2D eigenvalue weighted by Gasteiger charge is 2.20. The molecule has 1 fully saturated rings. The first-order valence-electron chi connectivity index (χ1n) is 6.24. The van der Waals surface area contributed by atoms with Gasteiger partial charge < -0.3 is 10.6 Å². The second-order valence-corrected chi connectivity index (χ2v) is 5.49. The Kier molecular flexibility index (Phi) is 9.35. The molecule has 110 valence electrons. The van der Waals surface area contributed by atoms with Gasteiger partial charge in [0.2, 0.25) is 5.91 Å².